The molecule has 0 amide bonds. The molecule has 0 radical (unpaired) electrons. The first-order valence-corrected chi connectivity index (χ1v) is 8.53. The number of nitrogens with one attached hydrogen (secondary N) is 1. The lowest BCUT2D eigenvalue weighted by atomic mass is 10.1. The number of aliphatic carboxylic acids is 2. The van der Waals surface area contributed by atoms with Gasteiger partial charge in [-0.25, -0.2) is 23.4 Å². The zero-order valence-electron chi connectivity index (χ0n) is 16.1. The van der Waals surface area contributed by atoms with Crippen molar-refractivity contribution in [3.63, 3.8) is 0 Å². The molecular formula is C20H19F2N3O5. The van der Waals surface area contributed by atoms with Gasteiger partial charge in [0.15, 0.2) is 0 Å². The van der Waals surface area contributed by atoms with Gasteiger partial charge in [0, 0.05) is 30.8 Å². The average Bonchev–Trinajstić information content (AvgIpc) is 3.08. The maximum absolute atomic E-state index is 13.7. The average molecular weight is 419 g/mol. The number of carbonyl (C=O) groups is 2. The van der Waals surface area contributed by atoms with E-state index in [0.29, 0.717) is 11.5 Å². The number of aromatic nitrogens is 2. The number of halogens is 2. The third-order valence-electron chi connectivity index (χ3n) is 3.99. The summed E-state index contributed by atoms with van der Waals surface area (Å²) in [7, 11) is 3.48. The number of rotatable bonds is 5. The van der Waals surface area contributed by atoms with Gasteiger partial charge in [0.05, 0.1) is 19.0 Å². The third kappa shape index (κ3) is 5.77. The highest BCUT2D eigenvalue weighted by Crippen LogP contribution is 2.25. The Labute approximate surface area is 170 Å². The van der Waals surface area contributed by atoms with Gasteiger partial charge in [-0.05, 0) is 18.2 Å². The number of anilines is 1. The van der Waals surface area contributed by atoms with E-state index in [1.165, 1.54) is 12.1 Å². The van der Waals surface area contributed by atoms with Crippen LogP contribution >= 0.6 is 0 Å². The topological polar surface area (TPSA) is 114 Å². The van der Waals surface area contributed by atoms with E-state index in [1.54, 1.807) is 13.3 Å². The van der Waals surface area contributed by atoms with Crippen molar-refractivity contribution >= 4 is 17.9 Å². The first-order chi connectivity index (χ1) is 14.2. The molecule has 0 atom stereocenters. The van der Waals surface area contributed by atoms with Gasteiger partial charge in [-0.3, -0.25) is 0 Å². The summed E-state index contributed by atoms with van der Waals surface area (Å²) in [5.74, 6) is -3.46. The second kappa shape index (κ2) is 10.0. The molecular weight excluding hydrogens is 400 g/mol. The lowest BCUT2D eigenvalue weighted by molar-refractivity contribution is -0.159. The number of methoxy groups -OCH3 is 1. The number of nitrogens with zero attached hydrogens (tertiary/aromatic N) is 2. The minimum absolute atomic E-state index is 0.217. The Balaban J connectivity index is 0.000000469. The number of ether oxygens (including phenoxy) is 1. The lowest BCUT2D eigenvalue weighted by Gasteiger charge is -2.10. The van der Waals surface area contributed by atoms with E-state index in [1.807, 2.05) is 35.9 Å². The van der Waals surface area contributed by atoms with Crippen LogP contribution in [0, 0.1) is 11.6 Å². The molecule has 0 saturated heterocycles. The lowest BCUT2D eigenvalue weighted by Crippen LogP contribution is -2.09. The Kier molecular flexibility index (Phi) is 7.45. The van der Waals surface area contributed by atoms with E-state index in [9.17, 15) is 8.78 Å². The molecule has 2 aromatic carbocycles. The van der Waals surface area contributed by atoms with Crippen molar-refractivity contribution in [2.75, 3.05) is 12.4 Å². The van der Waals surface area contributed by atoms with Crippen molar-refractivity contribution in [1.82, 2.24) is 9.55 Å². The second-order valence-electron chi connectivity index (χ2n) is 5.96. The predicted octanol–water partition coefficient (Wildman–Crippen LogP) is 3.14. The molecule has 0 unspecified atom stereocenters. The smallest absolute Gasteiger partial charge is 0.414 e. The molecule has 0 bridgehead atoms. The molecule has 3 N–H and O–H groups in total. The van der Waals surface area contributed by atoms with Gasteiger partial charge in [-0.2, -0.15) is 0 Å². The van der Waals surface area contributed by atoms with Crippen molar-refractivity contribution in [2.24, 2.45) is 7.05 Å². The van der Waals surface area contributed by atoms with Gasteiger partial charge in [-0.15, -0.1) is 0 Å². The minimum Gasteiger partial charge on any atom is -0.497 e. The van der Waals surface area contributed by atoms with Crippen LogP contribution in [0.15, 0.2) is 48.7 Å². The van der Waals surface area contributed by atoms with E-state index in [-0.39, 0.29) is 6.54 Å². The van der Waals surface area contributed by atoms with Gasteiger partial charge in [-0.1, -0.05) is 18.2 Å². The maximum atomic E-state index is 13.7. The summed E-state index contributed by atoms with van der Waals surface area (Å²) >= 11 is 0. The Hall–Kier alpha value is -3.95. The normalized spacial score (nSPS) is 10.0. The zero-order chi connectivity index (χ0) is 22.3. The summed E-state index contributed by atoms with van der Waals surface area (Å²) in [5.41, 5.74) is 2.24. The van der Waals surface area contributed by atoms with Crippen LogP contribution in [0.4, 0.5) is 14.7 Å². The van der Waals surface area contributed by atoms with Gasteiger partial charge < -0.3 is 24.8 Å². The maximum Gasteiger partial charge on any atom is 0.414 e. The molecule has 10 heteroatoms. The summed E-state index contributed by atoms with van der Waals surface area (Å²) < 4.78 is 33.7. The summed E-state index contributed by atoms with van der Waals surface area (Å²) in [6.07, 6.45) is 1.73. The molecule has 1 heterocycles. The van der Waals surface area contributed by atoms with Crippen molar-refractivity contribution in [3.05, 3.63) is 65.9 Å². The minimum atomic E-state index is -1.82. The summed E-state index contributed by atoms with van der Waals surface area (Å²) in [6, 6.07) is 11.2. The molecule has 0 spiro atoms. The van der Waals surface area contributed by atoms with E-state index < -0.39 is 23.6 Å². The molecule has 30 heavy (non-hydrogen) atoms. The van der Waals surface area contributed by atoms with Crippen LogP contribution in [0.25, 0.3) is 11.3 Å². The van der Waals surface area contributed by atoms with Gasteiger partial charge >= 0.3 is 11.9 Å². The summed E-state index contributed by atoms with van der Waals surface area (Å²) in [6.45, 7) is 0.217. The fraction of sp³-hybridized carbons (Fsp3) is 0.150. The number of hydrogen-bond acceptors (Lipinski definition) is 5. The first-order valence-electron chi connectivity index (χ1n) is 8.53. The molecule has 0 aliphatic rings. The molecule has 0 saturated carbocycles. The number of carboxylic acid groups (broad SMARTS) is 2. The molecule has 3 rings (SSSR count). The summed E-state index contributed by atoms with van der Waals surface area (Å²) in [4.78, 5) is 22.5. The quantitative estimate of drug-likeness (QED) is 0.545. The Morgan fingerprint density at radius 1 is 1.13 bits per heavy atom. The molecule has 0 fully saturated rings. The molecule has 0 aliphatic carbocycles. The highest BCUT2D eigenvalue weighted by atomic mass is 19.1. The van der Waals surface area contributed by atoms with Crippen LogP contribution in [-0.2, 0) is 23.2 Å². The first kappa shape index (κ1) is 22.3. The van der Waals surface area contributed by atoms with E-state index >= 15 is 0 Å². The van der Waals surface area contributed by atoms with Crippen molar-refractivity contribution < 1.29 is 33.3 Å². The predicted molar refractivity (Wildman–Crippen MR) is 104 cm³/mol. The van der Waals surface area contributed by atoms with Crippen LogP contribution in [0.3, 0.4) is 0 Å². The van der Waals surface area contributed by atoms with E-state index in [4.69, 9.17) is 24.5 Å². The molecule has 158 valence electrons. The van der Waals surface area contributed by atoms with Gasteiger partial charge in [0.2, 0.25) is 5.95 Å². The van der Waals surface area contributed by atoms with Crippen LogP contribution in [0.5, 0.6) is 5.75 Å². The van der Waals surface area contributed by atoms with E-state index in [0.717, 1.165) is 23.1 Å². The van der Waals surface area contributed by atoms with Crippen molar-refractivity contribution in [2.45, 2.75) is 6.54 Å². The van der Waals surface area contributed by atoms with Crippen LogP contribution < -0.4 is 10.1 Å². The Morgan fingerprint density at radius 2 is 1.83 bits per heavy atom. The largest absolute Gasteiger partial charge is 0.497 e. The molecule has 1 aromatic heterocycles. The second-order valence-corrected chi connectivity index (χ2v) is 5.96. The van der Waals surface area contributed by atoms with Crippen molar-refractivity contribution in [1.29, 1.82) is 0 Å². The van der Waals surface area contributed by atoms with Gasteiger partial charge in [0.25, 0.3) is 0 Å². The van der Waals surface area contributed by atoms with E-state index in [2.05, 4.69) is 10.3 Å². The van der Waals surface area contributed by atoms with Crippen LogP contribution in [0.2, 0.25) is 0 Å². The highest BCUT2D eigenvalue weighted by molar-refractivity contribution is 6.27. The highest BCUT2D eigenvalue weighted by Gasteiger charge is 2.10. The molecule has 3 aromatic rings. The number of hydrogen-bond donors (Lipinski definition) is 3. The fourth-order valence-electron chi connectivity index (χ4n) is 2.46. The zero-order valence-corrected chi connectivity index (χ0v) is 16.1. The SMILES string of the molecule is COc1cccc(-c2cnc(NCc3ccc(F)cc3F)n2C)c1.O=C(O)C(=O)O. The van der Waals surface area contributed by atoms with Crippen LogP contribution in [0.1, 0.15) is 5.56 Å². The van der Waals surface area contributed by atoms with Crippen molar-refractivity contribution in [3.8, 4) is 17.0 Å². The molecule has 0 aliphatic heterocycles. The Morgan fingerprint density at radius 3 is 2.43 bits per heavy atom. The number of carboxylic acids is 2. The molecule has 8 nitrogen and oxygen atoms in total. The Bertz CT molecular complexity index is 1040. The standard InChI is InChI=1S/C18H17F2N3O.C2H2O4/c1-23-17(12-4-3-5-15(8-12)24-2)11-22-18(23)21-10-13-6-7-14(19)9-16(13)20;3-1(4)2(5)6/h3-9,11H,10H2,1-2H3,(H,21,22);(H,3,4)(H,5,6). The van der Waals surface area contributed by atoms with Gasteiger partial charge in [0.1, 0.15) is 17.4 Å². The monoisotopic (exact) mass is 419 g/mol. The third-order valence-corrected chi connectivity index (χ3v) is 3.99. The summed E-state index contributed by atoms with van der Waals surface area (Å²) in [5, 5.41) is 17.8. The number of benzene rings is 2. The fourth-order valence-corrected chi connectivity index (χ4v) is 2.46. The number of imidazole rings is 1. The van der Waals surface area contributed by atoms with Crippen LogP contribution in [-0.4, -0.2) is 38.8 Å².